The van der Waals surface area contributed by atoms with E-state index < -0.39 is 0 Å². The molecule has 4 nitrogen and oxygen atoms in total. The van der Waals surface area contributed by atoms with Crippen molar-refractivity contribution in [1.82, 2.24) is 10.4 Å². The summed E-state index contributed by atoms with van der Waals surface area (Å²) in [6, 6.07) is 4.55. The van der Waals surface area contributed by atoms with Gasteiger partial charge in [0.1, 0.15) is 0 Å². The SMILES string of the molecule is NNC(CCc1ccncc1)CC1CCOCC1. The summed E-state index contributed by atoms with van der Waals surface area (Å²) in [5, 5.41) is 0. The van der Waals surface area contributed by atoms with Gasteiger partial charge in [0.05, 0.1) is 0 Å². The van der Waals surface area contributed by atoms with Crippen LogP contribution in [0, 0.1) is 5.92 Å². The molecule has 4 heteroatoms. The minimum Gasteiger partial charge on any atom is -0.381 e. The Hall–Kier alpha value is -0.970. The Balaban J connectivity index is 1.74. The minimum atomic E-state index is 0.404. The summed E-state index contributed by atoms with van der Waals surface area (Å²) in [5.41, 5.74) is 4.29. The molecule has 1 aromatic heterocycles. The van der Waals surface area contributed by atoms with Crippen molar-refractivity contribution in [3.63, 3.8) is 0 Å². The summed E-state index contributed by atoms with van der Waals surface area (Å²) in [6.07, 6.45) is 9.33. The van der Waals surface area contributed by atoms with Crippen LogP contribution in [0.2, 0.25) is 0 Å². The van der Waals surface area contributed by atoms with E-state index in [2.05, 4.69) is 22.5 Å². The highest BCUT2D eigenvalue weighted by atomic mass is 16.5. The lowest BCUT2D eigenvalue weighted by atomic mass is 9.90. The third kappa shape index (κ3) is 4.37. The van der Waals surface area contributed by atoms with Crippen molar-refractivity contribution in [2.24, 2.45) is 11.8 Å². The van der Waals surface area contributed by atoms with E-state index in [0.29, 0.717) is 6.04 Å². The van der Waals surface area contributed by atoms with Gasteiger partial charge in [-0.15, -0.1) is 0 Å². The molecule has 1 saturated heterocycles. The number of aromatic nitrogens is 1. The van der Waals surface area contributed by atoms with Crippen LogP contribution < -0.4 is 11.3 Å². The molecule has 1 atom stereocenters. The van der Waals surface area contributed by atoms with Gasteiger partial charge in [-0.1, -0.05) is 0 Å². The van der Waals surface area contributed by atoms with Crippen molar-refractivity contribution < 1.29 is 4.74 Å². The normalized spacial score (nSPS) is 18.7. The average Bonchev–Trinajstić information content (AvgIpc) is 2.45. The number of aryl methyl sites for hydroxylation is 1. The Morgan fingerprint density at radius 1 is 1.33 bits per heavy atom. The van der Waals surface area contributed by atoms with Gasteiger partial charge >= 0.3 is 0 Å². The van der Waals surface area contributed by atoms with Gasteiger partial charge in [-0.05, 0) is 55.7 Å². The molecular weight excluding hydrogens is 226 g/mol. The molecule has 3 N–H and O–H groups in total. The maximum atomic E-state index is 5.66. The van der Waals surface area contributed by atoms with E-state index in [1.807, 2.05) is 12.4 Å². The molecule has 0 aromatic carbocycles. The van der Waals surface area contributed by atoms with Gasteiger partial charge in [0.25, 0.3) is 0 Å². The van der Waals surface area contributed by atoms with Crippen LogP contribution in [-0.2, 0) is 11.2 Å². The van der Waals surface area contributed by atoms with Crippen molar-refractivity contribution in [2.45, 2.75) is 38.1 Å². The molecule has 0 aliphatic carbocycles. The van der Waals surface area contributed by atoms with E-state index in [-0.39, 0.29) is 0 Å². The van der Waals surface area contributed by atoms with E-state index in [1.165, 1.54) is 18.4 Å². The van der Waals surface area contributed by atoms with Crippen LogP contribution in [-0.4, -0.2) is 24.2 Å². The Morgan fingerprint density at radius 2 is 2.06 bits per heavy atom. The van der Waals surface area contributed by atoms with Gasteiger partial charge in [-0.25, -0.2) is 0 Å². The fourth-order valence-corrected chi connectivity index (χ4v) is 2.54. The first-order valence-electron chi connectivity index (χ1n) is 6.81. The maximum absolute atomic E-state index is 5.66. The number of rotatable bonds is 6. The number of hydrogen-bond donors (Lipinski definition) is 2. The zero-order valence-corrected chi connectivity index (χ0v) is 10.8. The first-order valence-corrected chi connectivity index (χ1v) is 6.81. The lowest BCUT2D eigenvalue weighted by molar-refractivity contribution is 0.0602. The van der Waals surface area contributed by atoms with Crippen LogP contribution in [0.5, 0.6) is 0 Å². The van der Waals surface area contributed by atoms with Gasteiger partial charge in [0.2, 0.25) is 0 Å². The molecule has 0 radical (unpaired) electrons. The second-order valence-corrected chi connectivity index (χ2v) is 5.05. The van der Waals surface area contributed by atoms with Gasteiger partial charge in [0, 0.05) is 31.6 Å². The topological polar surface area (TPSA) is 60.2 Å². The van der Waals surface area contributed by atoms with Crippen LogP contribution in [0.1, 0.15) is 31.2 Å². The number of ether oxygens (including phenoxy) is 1. The Morgan fingerprint density at radius 3 is 2.72 bits per heavy atom. The summed E-state index contributed by atoms with van der Waals surface area (Å²) in [6.45, 7) is 1.82. The van der Waals surface area contributed by atoms with Gasteiger partial charge in [-0.3, -0.25) is 16.3 Å². The van der Waals surface area contributed by atoms with E-state index in [0.717, 1.165) is 38.4 Å². The monoisotopic (exact) mass is 249 g/mol. The van der Waals surface area contributed by atoms with E-state index in [1.54, 1.807) is 0 Å². The standard InChI is InChI=1S/C14H23N3O/c15-17-14(11-13-5-9-18-10-6-13)2-1-12-3-7-16-8-4-12/h3-4,7-8,13-14,17H,1-2,5-6,9-11,15H2. The fourth-order valence-electron chi connectivity index (χ4n) is 2.54. The molecule has 1 aromatic rings. The lowest BCUT2D eigenvalue weighted by Gasteiger charge is -2.26. The van der Waals surface area contributed by atoms with Crippen molar-refractivity contribution in [3.8, 4) is 0 Å². The fraction of sp³-hybridized carbons (Fsp3) is 0.643. The third-order valence-corrected chi connectivity index (χ3v) is 3.73. The van der Waals surface area contributed by atoms with Crippen molar-refractivity contribution >= 4 is 0 Å². The van der Waals surface area contributed by atoms with Crippen molar-refractivity contribution in [3.05, 3.63) is 30.1 Å². The van der Waals surface area contributed by atoms with Crippen molar-refractivity contribution in [1.29, 1.82) is 0 Å². The van der Waals surface area contributed by atoms with Crippen molar-refractivity contribution in [2.75, 3.05) is 13.2 Å². The summed E-state index contributed by atoms with van der Waals surface area (Å²) in [5.74, 6) is 6.42. The second-order valence-electron chi connectivity index (χ2n) is 5.05. The highest BCUT2D eigenvalue weighted by Crippen LogP contribution is 2.21. The molecule has 100 valence electrons. The number of hydrazine groups is 1. The molecule has 1 aliphatic heterocycles. The van der Waals surface area contributed by atoms with E-state index in [4.69, 9.17) is 10.6 Å². The van der Waals surface area contributed by atoms with Crippen LogP contribution in [0.3, 0.4) is 0 Å². The molecule has 0 bridgehead atoms. The quantitative estimate of drug-likeness (QED) is 0.594. The van der Waals surface area contributed by atoms with Crippen LogP contribution in [0.25, 0.3) is 0 Å². The molecule has 1 fully saturated rings. The average molecular weight is 249 g/mol. The van der Waals surface area contributed by atoms with E-state index >= 15 is 0 Å². The second kappa shape index (κ2) is 7.46. The summed E-state index contributed by atoms with van der Waals surface area (Å²) >= 11 is 0. The first kappa shape index (κ1) is 13.5. The zero-order valence-electron chi connectivity index (χ0n) is 10.8. The van der Waals surface area contributed by atoms with Gasteiger partial charge in [-0.2, -0.15) is 0 Å². The molecule has 0 amide bonds. The number of nitrogens with one attached hydrogen (secondary N) is 1. The predicted octanol–water partition coefficient (Wildman–Crippen LogP) is 1.66. The largest absolute Gasteiger partial charge is 0.381 e. The molecule has 0 spiro atoms. The molecule has 2 rings (SSSR count). The number of nitrogens with two attached hydrogens (primary N) is 1. The number of hydrogen-bond acceptors (Lipinski definition) is 4. The number of pyridine rings is 1. The highest BCUT2D eigenvalue weighted by molar-refractivity contribution is 5.09. The first-order chi connectivity index (χ1) is 8.88. The smallest absolute Gasteiger partial charge is 0.0468 e. The Labute approximate surface area is 109 Å². The molecule has 1 unspecified atom stereocenters. The Bertz CT molecular complexity index is 325. The summed E-state index contributed by atoms with van der Waals surface area (Å²) in [7, 11) is 0. The molecule has 18 heavy (non-hydrogen) atoms. The lowest BCUT2D eigenvalue weighted by Crippen LogP contribution is -2.37. The summed E-state index contributed by atoms with van der Waals surface area (Å²) < 4.78 is 5.39. The highest BCUT2D eigenvalue weighted by Gasteiger charge is 2.18. The summed E-state index contributed by atoms with van der Waals surface area (Å²) in [4.78, 5) is 4.03. The third-order valence-electron chi connectivity index (χ3n) is 3.73. The molecule has 1 aliphatic rings. The predicted molar refractivity (Wildman–Crippen MR) is 71.8 cm³/mol. The molecule has 2 heterocycles. The Kier molecular flexibility index (Phi) is 5.58. The zero-order chi connectivity index (χ0) is 12.6. The molecule has 0 saturated carbocycles. The van der Waals surface area contributed by atoms with Crippen LogP contribution in [0.4, 0.5) is 0 Å². The maximum Gasteiger partial charge on any atom is 0.0468 e. The van der Waals surface area contributed by atoms with Crippen LogP contribution >= 0.6 is 0 Å². The van der Waals surface area contributed by atoms with Gasteiger partial charge < -0.3 is 4.74 Å². The molecular formula is C14H23N3O. The number of nitrogens with zero attached hydrogens (tertiary/aromatic N) is 1. The van der Waals surface area contributed by atoms with E-state index in [9.17, 15) is 0 Å². The minimum absolute atomic E-state index is 0.404. The van der Waals surface area contributed by atoms with Crippen LogP contribution in [0.15, 0.2) is 24.5 Å². The van der Waals surface area contributed by atoms with Gasteiger partial charge in [0.15, 0.2) is 0 Å².